The molecule has 0 aliphatic rings. The molecule has 0 spiro atoms. The van der Waals surface area contributed by atoms with Crippen LogP contribution in [0.1, 0.15) is 15.9 Å². The van der Waals surface area contributed by atoms with Crippen molar-refractivity contribution in [2.45, 2.75) is 0 Å². The van der Waals surface area contributed by atoms with Gasteiger partial charge in [-0.05, 0) is 18.2 Å². The lowest BCUT2D eigenvalue weighted by Gasteiger charge is -2.02. The van der Waals surface area contributed by atoms with Gasteiger partial charge in [-0.15, -0.1) is 0 Å². The number of benzene rings is 2. The van der Waals surface area contributed by atoms with E-state index in [4.69, 9.17) is 0 Å². The Morgan fingerprint density at radius 2 is 1.90 bits per heavy atom. The fourth-order valence-corrected chi connectivity index (χ4v) is 2.67. The molecule has 104 valence electrons. The van der Waals surface area contributed by atoms with Gasteiger partial charge in [-0.25, -0.2) is 0 Å². The summed E-state index contributed by atoms with van der Waals surface area (Å²) in [6.45, 7) is 0. The molecule has 0 amide bonds. The van der Waals surface area contributed by atoms with E-state index >= 15 is 0 Å². The summed E-state index contributed by atoms with van der Waals surface area (Å²) in [4.78, 5) is 26.0. The number of nitrogens with one attached hydrogen (secondary N) is 1. The minimum atomic E-state index is -0.473. The van der Waals surface area contributed by atoms with Crippen LogP contribution in [0.25, 0.3) is 10.9 Å². The van der Waals surface area contributed by atoms with Gasteiger partial charge in [-0.2, -0.15) is 0 Å². The molecule has 0 fully saturated rings. The number of ketones is 1. The monoisotopic (exact) mass is 344 g/mol. The lowest BCUT2D eigenvalue weighted by atomic mass is 10.0. The Hall–Kier alpha value is -2.47. The predicted molar refractivity (Wildman–Crippen MR) is 82.5 cm³/mol. The van der Waals surface area contributed by atoms with Crippen LogP contribution < -0.4 is 0 Å². The van der Waals surface area contributed by atoms with Crippen molar-refractivity contribution >= 4 is 38.3 Å². The first-order valence-electron chi connectivity index (χ1n) is 6.12. The van der Waals surface area contributed by atoms with Crippen LogP contribution in [0.4, 0.5) is 5.69 Å². The lowest BCUT2D eigenvalue weighted by molar-refractivity contribution is -0.384. The normalized spacial score (nSPS) is 10.7. The molecule has 3 aromatic rings. The number of non-ortho nitro benzene ring substituents is 1. The van der Waals surface area contributed by atoms with Crippen LogP contribution in [0.3, 0.4) is 0 Å². The Labute approximate surface area is 127 Å². The van der Waals surface area contributed by atoms with E-state index in [1.807, 2.05) is 6.07 Å². The Bertz CT molecular complexity index is 870. The molecule has 0 aliphatic heterocycles. The van der Waals surface area contributed by atoms with Gasteiger partial charge < -0.3 is 4.98 Å². The lowest BCUT2D eigenvalue weighted by Crippen LogP contribution is -2.01. The van der Waals surface area contributed by atoms with Crippen LogP contribution >= 0.6 is 15.9 Å². The minimum Gasteiger partial charge on any atom is -0.360 e. The number of aromatic amines is 1. The molecule has 2 aromatic carbocycles. The molecule has 0 saturated heterocycles. The van der Waals surface area contributed by atoms with Crippen LogP contribution in [0, 0.1) is 10.1 Å². The third-order valence-corrected chi connectivity index (χ3v) is 3.93. The average molecular weight is 345 g/mol. The van der Waals surface area contributed by atoms with Crippen molar-refractivity contribution in [3.63, 3.8) is 0 Å². The second-order valence-electron chi connectivity index (χ2n) is 4.50. The van der Waals surface area contributed by atoms with Crippen LogP contribution in [0.2, 0.25) is 0 Å². The highest BCUT2D eigenvalue weighted by Gasteiger charge is 2.18. The largest absolute Gasteiger partial charge is 0.360 e. The number of carbonyl (C=O) groups is 1. The molecule has 0 aliphatic carbocycles. The summed E-state index contributed by atoms with van der Waals surface area (Å²) in [6.07, 6.45) is 1.58. The fraction of sp³-hybridized carbons (Fsp3) is 0. The van der Waals surface area contributed by atoms with Crippen molar-refractivity contribution in [1.29, 1.82) is 0 Å². The topological polar surface area (TPSA) is 76.0 Å². The van der Waals surface area contributed by atoms with Gasteiger partial charge in [-0.3, -0.25) is 14.9 Å². The molecular formula is C15H9BrN2O3. The number of H-pyrrole nitrogens is 1. The van der Waals surface area contributed by atoms with Gasteiger partial charge in [-0.1, -0.05) is 28.1 Å². The number of hydrogen-bond donors (Lipinski definition) is 1. The second kappa shape index (κ2) is 5.14. The van der Waals surface area contributed by atoms with E-state index in [1.165, 1.54) is 12.1 Å². The van der Waals surface area contributed by atoms with Gasteiger partial charge in [0.05, 0.1) is 4.92 Å². The fourth-order valence-electron chi connectivity index (χ4n) is 2.20. The summed E-state index contributed by atoms with van der Waals surface area (Å²) in [6, 6.07) is 11.5. The van der Waals surface area contributed by atoms with E-state index in [0.29, 0.717) is 26.5 Å². The number of fused-ring (bicyclic) bond motifs is 1. The molecule has 6 heteroatoms. The van der Waals surface area contributed by atoms with Gasteiger partial charge in [0.2, 0.25) is 0 Å². The summed E-state index contributed by atoms with van der Waals surface area (Å²) in [5.41, 5.74) is 1.59. The van der Waals surface area contributed by atoms with E-state index in [1.54, 1.807) is 30.5 Å². The predicted octanol–water partition coefficient (Wildman–Crippen LogP) is 4.07. The maximum absolute atomic E-state index is 12.6. The minimum absolute atomic E-state index is 0.0386. The summed E-state index contributed by atoms with van der Waals surface area (Å²) >= 11 is 3.34. The zero-order valence-corrected chi connectivity index (χ0v) is 12.3. The molecular weight excluding hydrogens is 336 g/mol. The first kappa shape index (κ1) is 13.5. The zero-order chi connectivity index (χ0) is 15.0. The summed E-state index contributed by atoms with van der Waals surface area (Å²) < 4.78 is 0.690. The van der Waals surface area contributed by atoms with Crippen molar-refractivity contribution in [2.24, 2.45) is 0 Å². The molecule has 0 saturated carbocycles. The number of nitrogens with zero attached hydrogens (tertiary/aromatic N) is 1. The van der Waals surface area contributed by atoms with Crippen LogP contribution in [-0.4, -0.2) is 15.7 Å². The smallest absolute Gasteiger partial charge is 0.270 e. The van der Waals surface area contributed by atoms with Crippen LogP contribution in [0.5, 0.6) is 0 Å². The summed E-state index contributed by atoms with van der Waals surface area (Å²) in [5, 5.41) is 11.4. The van der Waals surface area contributed by atoms with Crippen LogP contribution in [0.15, 0.2) is 53.1 Å². The quantitative estimate of drug-likeness (QED) is 0.442. The Balaban J connectivity index is 2.16. The van der Waals surface area contributed by atoms with Crippen molar-refractivity contribution in [1.82, 2.24) is 4.98 Å². The molecule has 21 heavy (non-hydrogen) atoms. The Morgan fingerprint density at radius 1 is 1.14 bits per heavy atom. The van der Waals surface area contributed by atoms with Crippen molar-refractivity contribution < 1.29 is 9.72 Å². The number of hydrogen-bond acceptors (Lipinski definition) is 3. The first-order chi connectivity index (χ1) is 10.1. The summed E-state index contributed by atoms with van der Waals surface area (Å²) in [7, 11) is 0. The van der Waals surface area contributed by atoms with Gasteiger partial charge >= 0.3 is 0 Å². The van der Waals surface area contributed by atoms with Crippen LogP contribution in [-0.2, 0) is 0 Å². The molecule has 0 atom stereocenters. The van der Waals surface area contributed by atoms with Gasteiger partial charge in [0.1, 0.15) is 0 Å². The van der Waals surface area contributed by atoms with E-state index < -0.39 is 4.92 Å². The average Bonchev–Trinajstić information content (AvgIpc) is 2.90. The molecule has 1 N–H and O–H groups in total. The molecule has 1 aromatic heterocycles. The third kappa shape index (κ3) is 2.34. The maximum Gasteiger partial charge on any atom is 0.270 e. The third-order valence-electron chi connectivity index (χ3n) is 3.24. The number of halogens is 1. The molecule has 5 nitrogen and oxygen atoms in total. The molecule has 0 unspecified atom stereocenters. The Kier molecular flexibility index (Phi) is 3.31. The van der Waals surface area contributed by atoms with E-state index in [9.17, 15) is 14.9 Å². The second-order valence-corrected chi connectivity index (χ2v) is 5.35. The standard InChI is InChI=1S/C15H9BrN2O3/c16-13-4-2-1-3-10(13)15(19)12-8-17-14-6-5-9(18(20)21)7-11(12)14/h1-8,17H. The van der Waals surface area contributed by atoms with Crippen molar-refractivity contribution in [2.75, 3.05) is 0 Å². The highest BCUT2D eigenvalue weighted by atomic mass is 79.9. The van der Waals surface area contributed by atoms with E-state index in [0.717, 1.165) is 0 Å². The van der Waals surface area contributed by atoms with E-state index in [-0.39, 0.29) is 11.5 Å². The number of aromatic nitrogens is 1. The molecule has 0 bridgehead atoms. The first-order valence-corrected chi connectivity index (χ1v) is 6.92. The van der Waals surface area contributed by atoms with Gasteiger partial charge in [0.25, 0.3) is 5.69 Å². The van der Waals surface area contributed by atoms with Gasteiger partial charge in [0.15, 0.2) is 5.78 Å². The van der Waals surface area contributed by atoms with E-state index in [2.05, 4.69) is 20.9 Å². The number of rotatable bonds is 3. The molecule has 1 heterocycles. The highest BCUT2D eigenvalue weighted by Crippen LogP contribution is 2.27. The number of nitro groups is 1. The summed E-state index contributed by atoms with van der Waals surface area (Å²) in [5.74, 6) is -0.186. The Morgan fingerprint density at radius 3 is 2.62 bits per heavy atom. The van der Waals surface area contributed by atoms with Gasteiger partial charge in [0, 0.05) is 44.8 Å². The molecule has 3 rings (SSSR count). The van der Waals surface area contributed by atoms with Crippen molar-refractivity contribution in [3.05, 3.63) is 74.4 Å². The number of carbonyl (C=O) groups excluding carboxylic acids is 1. The van der Waals surface area contributed by atoms with Crippen molar-refractivity contribution in [3.8, 4) is 0 Å². The highest BCUT2D eigenvalue weighted by molar-refractivity contribution is 9.10. The molecule has 0 radical (unpaired) electrons. The SMILES string of the molecule is O=C(c1ccccc1Br)c1c[nH]c2ccc([N+](=O)[O-])cc12. The number of nitro benzene ring substituents is 1. The zero-order valence-electron chi connectivity index (χ0n) is 10.7. The maximum atomic E-state index is 12.6.